The molecule has 0 spiro atoms. The van der Waals surface area contributed by atoms with Crippen molar-refractivity contribution in [3.05, 3.63) is 11.9 Å². The molecule has 5 unspecified atom stereocenters. The summed E-state index contributed by atoms with van der Waals surface area (Å²) in [5.41, 5.74) is 0. The second-order valence-corrected chi connectivity index (χ2v) is 11.0. The van der Waals surface area contributed by atoms with Gasteiger partial charge in [0.1, 0.15) is 18.1 Å². The summed E-state index contributed by atoms with van der Waals surface area (Å²) in [6, 6.07) is 0.675. The molecule has 1 saturated heterocycles. The summed E-state index contributed by atoms with van der Waals surface area (Å²) >= 11 is 0. The number of amidine groups is 1. The summed E-state index contributed by atoms with van der Waals surface area (Å²) in [6.07, 6.45) is 2.73. The quantitative estimate of drug-likeness (QED) is 0.547. The number of carbonyl (C=O) groups excluding carboxylic acids is 1. The van der Waals surface area contributed by atoms with Crippen molar-refractivity contribution in [2.24, 2.45) is 31.8 Å². The highest BCUT2D eigenvalue weighted by Crippen LogP contribution is 2.34. The minimum Gasteiger partial charge on any atom is -0.484 e. The van der Waals surface area contributed by atoms with E-state index in [2.05, 4.69) is 31.6 Å². The van der Waals surface area contributed by atoms with E-state index in [9.17, 15) is 18.0 Å². The molecule has 4 heterocycles. The number of halogens is 3. The van der Waals surface area contributed by atoms with Gasteiger partial charge in [-0.2, -0.15) is 13.2 Å². The zero-order chi connectivity index (χ0) is 27.6. The third-order valence-electron chi connectivity index (χ3n) is 8.12. The Morgan fingerprint density at radius 3 is 2.72 bits per heavy atom. The Balaban J connectivity index is 1.09. The topological polar surface area (TPSA) is 106 Å². The Morgan fingerprint density at radius 1 is 1.18 bits per heavy atom. The summed E-state index contributed by atoms with van der Waals surface area (Å²) in [5, 5.41) is 6.92. The molecule has 0 bridgehead atoms. The average molecular weight is 551 g/mol. The van der Waals surface area contributed by atoms with E-state index in [-0.39, 0.29) is 24.0 Å². The van der Waals surface area contributed by atoms with Crippen LogP contribution in [0, 0.1) is 11.8 Å². The van der Waals surface area contributed by atoms with Crippen LogP contribution in [0.2, 0.25) is 0 Å². The molecule has 5 rings (SSSR count). The van der Waals surface area contributed by atoms with Crippen LogP contribution in [0.3, 0.4) is 0 Å². The number of guanidine groups is 1. The molecule has 0 aromatic carbocycles. The van der Waals surface area contributed by atoms with Gasteiger partial charge in [-0.15, -0.1) is 0 Å². The lowest BCUT2D eigenvalue weighted by Gasteiger charge is -2.36. The standard InChI is InChI=1S/C26H37F3N8O2/c1-16-31-20(13-23(32-16)39-2)18-3-4-19-21(12-18)34-25(33-19)35-22-11-17(5-6-30-22)15-36-7-9-37(10-8-36)24(38)14-26(27,28)29/h6,11,17-21H,3-5,7-10,12-15H2,1-2H3,(H2,33,34,35). The Labute approximate surface area is 226 Å². The molecule has 214 valence electrons. The van der Waals surface area contributed by atoms with Gasteiger partial charge >= 0.3 is 6.18 Å². The maximum atomic E-state index is 12.5. The lowest BCUT2D eigenvalue weighted by atomic mass is 9.78. The molecular weight excluding hydrogens is 513 g/mol. The van der Waals surface area contributed by atoms with Gasteiger partial charge in [0.05, 0.1) is 25.2 Å². The maximum Gasteiger partial charge on any atom is 0.397 e. The van der Waals surface area contributed by atoms with Crippen molar-refractivity contribution in [1.82, 2.24) is 20.4 Å². The van der Waals surface area contributed by atoms with E-state index < -0.39 is 18.5 Å². The maximum absolute atomic E-state index is 12.5. The molecular formula is C26H37F3N8O2. The summed E-state index contributed by atoms with van der Waals surface area (Å²) in [4.78, 5) is 33.9. The number of hydrogen-bond donors (Lipinski definition) is 2. The second kappa shape index (κ2) is 11.6. The van der Waals surface area contributed by atoms with Crippen molar-refractivity contribution in [3.8, 4) is 0 Å². The molecule has 5 aliphatic rings. The first-order valence-electron chi connectivity index (χ1n) is 13.7. The van der Waals surface area contributed by atoms with Gasteiger partial charge in [0, 0.05) is 45.4 Å². The molecule has 0 aromatic heterocycles. The van der Waals surface area contributed by atoms with Crippen molar-refractivity contribution in [2.45, 2.75) is 69.8 Å². The second-order valence-electron chi connectivity index (χ2n) is 11.0. The normalized spacial score (nSPS) is 31.4. The number of amides is 1. The van der Waals surface area contributed by atoms with E-state index in [1.165, 1.54) is 4.90 Å². The molecule has 1 amide bonds. The van der Waals surface area contributed by atoms with Gasteiger partial charge in [0.2, 0.25) is 5.91 Å². The van der Waals surface area contributed by atoms with E-state index in [1.54, 1.807) is 7.11 Å². The fourth-order valence-electron chi connectivity index (χ4n) is 6.15. The number of carbonyl (C=O) groups is 1. The lowest BCUT2D eigenvalue weighted by Crippen LogP contribution is -2.50. The van der Waals surface area contributed by atoms with Crippen LogP contribution in [0.15, 0.2) is 31.9 Å². The van der Waals surface area contributed by atoms with Crippen LogP contribution >= 0.6 is 0 Å². The van der Waals surface area contributed by atoms with Crippen LogP contribution in [-0.2, 0) is 9.53 Å². The predicted octanol–water partition coefficient (Wildman–Crippen LogP) is 2.34. The van der Waals surface area contributed by atoms with Gasteiger partial charge in [-0.3, -0.25) is 14.7 Å². The Kier molecular flexibility index (Phi) is 8.24. The molecule has 10 nitrogen and oxygen atoms in total. The first kappa shape index (κ1) is 27.6. The third kappa shape index (κ3) is 7.17. The van der Waals surface area contributed by atoms with Crippen LogP contribution in [0.4, 0.5) is 13.2 Å². The lowest BCUT2D eigenvalue weighted by molar-refractivity contribution is -0.162. The number of fused-ring (bicyclic) bond motifs is 1. The molecule has 13 heteroatoms. The number of rotatable bonds is 5. The number of methoxy groups -OCH3 is 1. The van der Waals surface area contributed by atoms with Crippen molar-refractivity contribution in [2.75, 3.05) is 39.8 Å². The first-order chi connectivity index (χ1) is 18.6. The number of nitrogens with zero attached hydrogens (tertiary/aromatic N) is 6. The van der Waals surface area contributed by atoms with Gasteiger partial charge in [0.25, 0.3) is 0 Å². The van der Waals surface area contributed by atoms with Crippen LogP contribution < -0.4 is 10.6 Å². The number of nitrogens with one attached hydrogen (secondary N) is 2. The zero-order valence-corrected chi connectivity index (χ0v) is 22.5. The minimum absolute atomic E-state index is 0.188. The van der Waals surface area contributed by atoms with Gasteiger partial charge in [-0.1, -0.05) is 0 Å². The Morgan fingerprint density at radius 2 is 1.97 bits per heavy atom. The summed E-state index contributed by atoms with van der Waals surface area (Å²) in [7, 11) is 1.66. The third-order valence-corrected chi connectivity index (χ3v) is 8.12. The summed E-state index contributed by atoms with van der Waals surface area (Å²) in [6.45, 7) is 4.45. The molecule has 2 fully saturated rings. The SMILES string of the molecule is COC1=NC(C)=NC(C2CCC3N=C(NC4=CC(CN5CCN(C(=O)CC(F)(F)F)CC5)CC=N4)NC3C2)C1. The zero-order valence-electron chi connectivity index (χ0n) is 22.5. The highest BCUT2D eigenvalue weighted by Gasteiger charge is 2.39. The van der Waals surface area contributed by atoms with Gasteiger partial charge in [-0.05, 0) is 50.5 Å². The highest BCUT2D eigenvalue weighted by molar-refractivity contribution is 5.95. The molecule has 0 radical (unpaired) electrons. The summed E-state index contributed by atoms with van der Waals surface area (Å²) < 4.78 is 43.0. The number of ether oxygens (including phenoxy) is 1. The van der Waals surface area contributed by atoms with Crippen LogP contribution in [-0.4, -0.2) is 104 Å². The van der Waals surface area contributed by atoms with Gasteiger partial charge < -0.3 is 20.3 Å². The number of hydrogen-bond acceptors (Lipinski definition) is 9. The summed E-state index contributed by atoms with van der Waals surface area (Å²) in [5.74, 6) is 2.85. The van der Waals surface area contributed by atoms with Crippen LogP contribution in [0.1, 0.15) is 45.4 Å². The molecule has 1 aliphatic carbocycles. The number of aliphatic imine (C=N–C) groups is 4. The van der Waals surface area contributed by atoms with Crippen molar-refractivity contribution < 1.29 is 22.7 Å². The van der Waals surface area contributed by atoms with Crippen LogP contribution in [0.5, 0.6) is 0 Å². The largest absolute Gasteiger partial charge is 0.484 e. The molecule has 5 atom stereocenters. The molecule has 0 aromatic rings. The van der Waals surface area contributed by atoms with E-state index in [1.807, 2.05) is 13.1 Å². The Hall–Kier alpha value is -2.96. The molecule has 39 heavy (non-hydrogen) atoms. The average Bonchev–Trinajstić information content (AvgIpc) is 3.29. The predicted molar refractivity (Wildman–Crippen MR) is 143 cm³/mol. The van der Waals surface area contributed by atoms with E-state index in [4.69, 9.17) is 14.7 Å². The van der Waals surface area contributed by atoms with Crippen molar-refractivity contribution in [3.63, 3.8) is 0 Å². The highest BCUT2D eigenvalue weighted by atomic mass is 19.4. The van der Waals surface area contributed by atoms with Crippen molar-refractivity contribution in [1.29, 1.82) is 0 Å². The smallest absolute Gasteiger partial charge is 0.397 e. The van der Waals surface area contributed by atoms with E-state index in [0.717, 1.165) is 62.2 Å². The molecule has 4 aliphatic heterocycles. The fourth-order valence-corrected chi connectivity index (χ4v) is 6.15. The van der Waals surface area contributed by atoms with Crippen molar-refractivity contribution >= 4 is 29.8 Å². The molecule has 2 N–H and O–H groups in total. The Bertz CT molecular complexity index is 1080. The van der Waals surface area contributed by atoms with E-state index in [0.29, 0.717) is 32.1 Å². The monoisotopic (exact) mass is 550 g/mol. The number of piperazine rings is 1. The van der Waals surface area contributed by atoms with E-state index >= 15 is 0 Å². The minimum atomic E-state index is -4.46. The number of alkyl halides is 3. The van der Waals surface area contributed by atoms with Gasteiger partial charge in [-0.25, -0.2) is 15.0 Å². The van der Waals surface area contributed by atoms with Crippen LogP contribution in [0.25, 0.3) is 0 Å². The molecule has 1 saturated carbocycles. The fraction of sp³-hybridized carbons (Fsp3) is 0.731. The first-order valence-corrected chi connectivity index (χ1v) is 13.7. The van der Waals surface area contributed by atoms with Gasteiger partial charge in [0.15, 0.2) is 11.9 Å².